The van der Waals surface area contributed by atoms with Gasteiger partial charge in [-0.3, -0.25) is 9.22 Å². The summed E-state index contributed by atoms with van der Waals surface area (Å²) in [6, 6.07) is 22.1. The van der Waals surface area contributed by atoms with E-state index in [1.807, 2.05) is 0 Å². The van der Waals surface area contributed by atoms with E-state index in [2.05, 4.69) is 55.4 Å². The van der Waals surface area contributed by atoms with Crippen molar-refractivity contribution in [3.05, 3.63) is 121 Å². The van der Waals surface area contributed by atoms with Gasteiger partial charge < -0.3 is 34.1 Å². The second-order valence-corrected chi connectivity index (χ2v) is 23.4. The Labute approximate surface area is 574 Å². The number of benzene rings is 7. The number of halogens is 1. The molecule has 8 aromatic rings. The molecule has 0 aliphatic rings. The van der Waals surface area contributed by atoms with Crippen LogP contribution in [0.3, 0.4) is 0 Å². The maximum atomic E-state index is 12.9. The Morgan fingerprint density at radius 2 is 1.07 bits per heavy atom. The summed E-state index contributed by atoms with van der Waals surface area (Å²) in [5.41, 5.74) is -0.614. The largest absolute Gasteiger partial charge is 1.00 e. The van der Waals surface area contributed by atoms with Crippen LogP contribution >= 0.6 is 23.9 Å². The van der Waals surface area contributed by atoms with E-state index in [-0.39, 0.29) is 239 Å². The minimum absolute atomic E-state index is 0. The molecule has 0 fully saturated rings. The smallest absolute Gasteiger partial charge is 0.744 e. The third kappa shape index (κ3) is 17.9. The predicted octanol–water partition coefficient (Wildman–Crippen LogP) is -8.48. The number of fused-ring (bicyclic) bond motifs is 3. The molecule has 7 aromatic carbocycles. The minimum atomic E-state index is -5.30. The third-order valence-electron chi connectivity index (χ3n) is 10.3. The van der Waals surface area contributed by atoms with Crippen LogP contribution in [0.15, 0.2) is 160 Å². The quantitative estimate of drug-likeness (QED) is 0.0144. The molecule has 1 aromatic heterocycles. The minimum Gasteiger partial charge on any atom is -0.744 e. The molecule has 27 nitrogen and oxygen atoms in total. The Morgan fingerprint density at radius 3 is 1.70 bits per heavy atom. The molecule has 0 saturated heterocycles. The fourth-order valence-corrected chi connectivity index (χ4v) is 11.4. The molecule has 0 bridgehead atoms. The van der Waals surface area contributed by atoms with Crippen LogP contribution in [0.1, 0.15) is 0 Å². The van der Waals surface area contributed by atoms with Crippen molar-refractivity contribution in [3.63, 3.8) is 0 Å². The Bertz CT molecular complexity index is 4300. The zero-order valence-corrected chi connectivity index (χ0v) is 57.3. The molecule has 0 atom stereocenters. The van der Waals surface area contributed by atoms with Gasteiger partial charge in [0.05, 0.1) is 65.3 Å². The number of azo groups is 2. The van der Waals surface area contributed by atoms with Crippen molar-refractivity contribution in [1.82, 2.24) is 15.0 Å². The summed E-state index contributed by atoms with van der Waals surface area (Å²) in [6.45, 7) is -0.380. The van der Waals surface area contributed by atoms with Crippen molar-refractivity contribution in [2.75, 3.05) is 23.0 Å². The van der Waals surface area contributed by atoms with Gasteiger partial charge in [0.2, 0.25) is 17.2 Å². The van der Waals surface area contributed by atoms with Gasteiger partial charge in [-0.05, 0) is 90.5 Å². The number of sulfone groups is 1. The summed E-state index contributed by atoms with van der Waals surface area (Å²) in [4.78, 5) is 8.89. The number of anilines is 4. The predicted molar refractivity (Wildman–Crippen MR) is 258 cm³/mol. The third-order valence-corrected chi connectivity index (χ3v) is 16.0. The monoisotopic (exact) mass is 1270 g/mol. The number of nitrogens with one attached hydrogen (secondary N) is 2. The van der Waals surface area contributed by atoms with Crippen molar-refractivity contribution in [2.24, 2.45) is 20.5 Å². The summed E-state index contributed by atoms with van der Waals surface area (Å²) in [6.07, 6.45) is 0. The molecule has 0 unspecified atom stereocenters. The molecule has 0 spiro atoms. The van der Waals surface area contributed by atoms with Crippen LogP contribution in [0.25, 0.3) is 32.3 Å². The number of rotatable bonds is 19. The zero-order valence-electron chi connectivity index (χ0n) is 41.7. The van der Waals surface area contributed by atoms with Crippen molar-refractivity contribution >= 4 is 153 Å². The molecule has 0 amide bonds. The van der Waals surface area contributed by atoms with E-state index in [0.29, 0.717) is 0 Å². The van der Waals surface area contributed by atoms with Crippen molar-refractivity contribution in [3.8, 4) is 0 Å². The van der Waals surface area contributed by atoms with Crippen LogP contribution < -0.4 is 164 Å². The molecular formula is C41H25ClN9Na5O18S6. The Balaban J connectivity index is 0.00000336. The molecule has 0 radical (unpaired) electrons. The molecule has 39 heteroatoms. The van der Waals surface area contributed by atoms with E-state index < -0.39 is 92.0 Å². The van der Waals surface area contributed by atoms with Crippen molar-refractivity contribution < 1.29 is 227 Å². The number of hydrogen-bond donors (Lipinski definition) is 2. The summed E-state index contributed by atoms with van der Waals surface area (Å²) in [7, 11) is -24.8. The van der Waals surface area contributed by atoms with Crippen molar-refractivity contribution in [1.29, 1.82) is 0 Å². The number of nitrogens with zero attached hydrogens (tertiary/aromatic N) is 7. The average Bonchev–Trinajstić information content (AvgIpc) is 3.33. The summed E-state index contributed by atoms with van der Waals surface area (Å²) in [5, 5.41) is 33.7. The van der Waals surface area contributed by atoms with Gasteiger partial charge in [-0.2, -0.15) is 20.1 Å². The topological polar surface area (TPSA) is 426 Å². The van der Waals surface area contributed by atoms with Crippen LogP contribution in [0.2, 0.25) is 5.28 Å². The molecule has 8 rings (SSSR count). The molecule has 0 saturated carbocycles. The van der Waals surface area contributed by atoms with E-state index >= 15 is 0 Å². The fraction of sp³-hybridized carbons (Fsp3) is 0.0488. The second kappa shape index (κ2) is 30.0. The summed E-state index contributed by atoms with van der Waals surface area (Å²) < 4.78 is 182. The van der Waals surface area contributed by atoms with Crippen LogP contribution in [-0.2, 0) is 63.9 Å². The summed E-state index contributed by atoms with van der Waals surface area (Å²) >= 11 is 6.37. The second-order valence-electron chi connectivity index (χ2n) is 15.0. The first-order valence-corrected chi connectivity index (χ1v) is 28.5. The first-order valence-electron chi connectivity index (χ1n) is 20.2. The van der Waals surface area contributed by atoms with Gasteiger partial charge in [0.15, 0.2) is 22.2 Å². The van der Waals surface area contributed by atoms with Gasteiger partial charge in [-0.15, -0.1) is 19.7 Å². The Kier molecular flexibility index (Phi) is 27.2. The van der Waals surface area contributed by atoms with E-state index in [0.717, 1.165) is 54.6 Å². The molecule has 0 aliphatic heterocycles. The van der Waals surface area contributed by atoms with Gasteiger partial charge in [-0.1, -0.05) is 36.4 Å². The van der Waals surface area contributed by atoms with Crippen LogP contribution in [0.5, 0.6) is 0 Å². The molecular weight excluding hydrogens is 1250 g/mol. The SMILES string of the molecule is O=S(=O)([O-])c1ccc2c(N=Nc3cc(S(=O)(=O)[O-])c4cccc(S(=O)(=O)[O-])c4c3)ccc(N=Nc3ccc(Nc4nc(Cl)nc(Nc5cccc(S(=O)(=O)CCOSOO[O-])c5)n4)c4c(S(=O)(=O)[O-])cccc34)c2c1.[Na+].[Na+].[Na+].[Na+].[Na+]. The van der Waals surface area contributed by atoms with Crippen LogP contribution in [-0.4, -0.2) is 87.6 Å². The Hall–Kier alpha value is -1.80. The molecule has 80 heavy (non-hydrogen) atoms. The first-order chi connectivity index (χ1) is 35.3. The number of aromatic nitrogens is 3. The van der Waals surface area contributed by atoms with Gasteiger partial charge in [0.1, 0.15) is 40.5 Å². The van der Waals surface area contributed by atoms with Gasteiger partial charge >= 0.3 is 148 Å². The van der Waals surface area contributed by atoms with E-state index in [9.17, 15) is 65.6 Å². The normalized spacial score (nSPS) is 12.1. The van der Waals surface area contributed by atoms with E-state index in [1.165, 1.54) is 60.7 Å². The van der Waals surface area contributed by atoms with E-state index in [1.54, 1.807) is 0 Å². The van der Waals surface area contributed by atoms with Crippen LogP contribution in [0.4, 0.5) is 46.0 Å². The van der Waals surface area contributed by atoms with Crippen molar-refractivity contribution in [2.45, 2.75) is 24.5 Å². The van der Waals surface area contributed by atoms with E-state index in [4.69, 9.17) is 15.8 Å². The maximum absolute atomic E-state index is 12.9. The van der Waals surface area contributed by atoms with Crippen LogP contribution in [0, 0.1) is 0 Å². The van der Waals surface area contributed by atoms with Gasteiger partial charge in [0.25, 0.3) is 0 Å². The van der Waals surface area contributed by atoms with Gasteiger partial charge in [-0.25, -0.2) is 42.1 Å². The summed E-state index contributed by atoms with van der Waals surface area (Å²) in [5.74, 6) is -1.06. The Morgan fingerprint density at radius 1 is 0.512 bits per heavy atom. The zero-order chi connectivity index (χ0) is 54.1. The molecule has 2 N–H and O–H groups in total. The first kappa shape index (κ1) is 72.5. The number of hydrogen-bond acceptors (Lipinski definition) is 28. The molecule has 1 heterocycles. The molecule has 390 valence electrons. The fourth-order valence-electron chi connectivity index (χ4n) is 7.20. The molecule has 0 aliphatic carbocycles. The maximum Gasteiger partial charge on any atom is 1.00 e. The standard InChI is InChI=1S/C41H30ClN9O18S6.5Na/c42-39-45-40(43-22-4-1-5-24(18-22)71(53,54)17-16-67-70-69-68-52)47-41(46-39)44-34-15-14-32(28-7-3-9-36(38(28)34)74(61,62)63)50-51-33-13-12-31(26-11-10-25(21-29(26)33)72(55,56)57)49-48-23-19-30-27(37(20-23)75(64,65)66)6-2-8-35(30)73(58,59)60;;;;;/h1-15,18-21,52H,16-17H2,(H,55,56,57)(H,58,59,60)(H,61,62,63)(H,64,65,66)(H2,43,44,45,46,47);;;;;/q;5*+1/p-5. The van der Waals surface area contributed by atoms with Gasteiger partial charge in [0, 0.05) is 38.0 Å². The average molecular weight is 1270 g/mol.